The van der Waals surface area contributed by atoms with Gasteiger partial charge < -0.3 is 15.2 Å². The summed E-state index contributed by atoms with van der Waals surface area (Å²) in [7, 11) is 3.15. The minimum absolute atomic E-state index is 0.212. The van der Waals surface area contributed by atoms with Gasteiger partial charge in [-0.25, -0.2) is 0 Å². The number of aromatic nitrogens is 2. The Morgan fingerprint density at radius 2 is 1.73 bits per heavy atom. The topological polar surface area (TPSA) is 73.2 Å². The molecule has 2 aromatic rings. The summed E-state index contributed by atoms with van der Waals surface area (Å²) >= 11 is 12.9. The van der Waals surface area contributed by atoms with Crippen LogP contribution in [0.1, 0.15) is 48.6 Å². The second-order valence-electron chi connectivity index (χ2n) is 6.76. The van der Waals surface area contributed by atoms with Crippen molar-refractivity contribution in [2.75, 3.05) is 14.2 Å². The first-order valence-electron chi connectivity index (χ1n) is 8.93. The molecule has 0 saturated heterocycles. The third kappa shape index (κ3) is 3.95. The molecule has 1 aromatic carbocycles. The molecule has 1 fully saturated rings. The van der Waals surface area contributed by atoms with Crippen molar-refractivity contribution in [3.63, 3.8) is 0 Å². The molecule has 0 radical (unpaired) electrons. The maximum atomic E-state index is 6.45. The molecule has 3 rings (SSSR count). The van der Waals surface area contributed by atoms with Gasteiger partial charge in [-0.15, -0.1) is 0 Å². The average molecular weight is 398 g/mol. The fourth-order valence-corrected chi connectivity index (χ4v) is 4.34. The molecule has 0 amide bonds. The van der Waals surface area contributed by atoms with Gasteiger partial charge in [0, 0.05) is 23.7 Å². The molecule has 5 nitrogen and oxygen atoms in total. The lowest BCUT2D eigenvalue weighted by Crippen LogP contribution is -2.31. The Morgan fingerprint density at radius 1 is 1.08 bits per heavy atom. The number of methoxy groups -OCH3 is 2. The molecule has 0 unspecified atom stereocenters. The Bertz CT molecular complexity index is 735. The van der Waals surface area contributed by atoms with E-state index in [2.05, 4.69) is 16.3 Å². The zero-order chi connectivity index (χ0) is 18.7. The Labute approximate surface area is 164 Å². The number of ether oxygens (including phenoxy) is 2. The van der Waals surface area contributed by atoms with Gasteiger partial charge in [-0.2, -0.15) is 5.10 Å². The highest BCUT2D eigenvalue weighted by atomic mass is 35.5. The number of H-pyrrole nitrogens is 1. The van der Waals surface area contributed by atoms with Gasteiger partial charge in [0.1, 0.15) is 11.5 Å². The first-order valence-corrected chi connectivity index (χ1v) is 9.69. The van der Waals surface area contributed by atoms with Crippen molar-refractivity contribution in [1.29, 1.82) is 0 Å². The van der Waals surface area contributed by atoms with Crippen LogP contribution >= 0.6 is 23.2 Å². The van der Waals surface area contributed by atoms with E-state index >= 15 is 0 Å². The Morgan fingerprint density at radius 3 is 2.35 bits per heavy atom. The molecule has 0 aliphatic heterocycles. The first kappa shape index (κ1) is 19.3. The van der Waals surface area contributed by atoms with Gasteiger partial charge in [-0.3, -0.25) is 5.10 Å². The molecule has 1 heterocycles. The van der Waals surface area contributed by atoms with E-state index < -0.39 is 0 Å². The van der Waals surface area contributed by atoms with Crippen molar-refractivity contribution < 1.29 is 9.47 Å². The zero-order valence-corrected chi connectivity index (χ0v) is 16.7. The molecule has 142 valence electrons. The van der Waals surface area contributed by atoms with E-state index in [4.69, 9.17) is 38.4 Å². The van der Waals surface area contributed by atoms with Gasteiger partial charge in [-0.05, 0) is 37.3 Å². The standard InChI is InChI=1S/C19H25Cl2N3O2/c1-25-16-10-17(26-2)19(21)13(18(16)20)8-7-11-9-15(24-23-11)12-5-3-4-6-14(12)22/h9-10,12,14H,3-8,22H2,1-2H3,(H,23,24)/t12-,14-/m1/s1. The van der Waals surface area contributed by atoms with Gasteiger partial charge in [0.25, 0.3) is 0 Å². The molecule has 3 N–H and O–H groups in total. The number of nitrogens with two attached hydrogens (primary N) is 1. The fourth-order valence-electron chi connectivity index (χ4n) is 3.65. The number of aryl methyl sites for hydroxylation is 1. The molecule has 0 spiro atoms. The maximum Gasteiger partial charge on any atom is 0.141 e. The van der Waals surface area contributed by atoms with Crippen molar-refractivity contribution in [3.05, 3.63) is 39.1 Å². The predicted molar refractivity (Wildman–Crippen MR) is 105 cm³/mol. The molecule has 1 aliphatic carbocycles. The van der Waals surface area contributed by atoms with Crippen molar-refractivity contribution in [2.45, 2.75) is 50.5 Å². The summed E-state index contributed by atoms with van der Waals surface area (Å²) in [6, 6.07) is 4.03. The minimum Gasteiger partial charge on any atom is -0.495 e. The number of aromatic amines is 1. The van der Waals surface area contributed by atoms with Gasteiger partial charge in [0.15, 0.2) is 0 Å². The zero-order valence-electron chi connectivity index (χ0n) is 15.1. The van der Waals surface area contributed by atoms with Crippen LogP contribution in [-0.4, -0.2) is 30.5 Å². The van der Waals surface area contributed by atoms with E-state index in [1.807, 2.05) is 0 Å². The molecule has 7 heteroatoms. The van der Waals surface area contributed by atoms with E-state index in [1.165, 1.54) is 12.8 Å². The molecule has 26 heavy (non-hydrogen) atoms. The van der Waals surface area contributed by atoms with Gasteiger partial charge in [0.05, 0.1) is 30.0 Å². The molecular weight excluding hydrogens is 373 g/mol. The fraction of sp³-hybridized carbons (Fsp3) is 0.526. The summed E-state index contributed by atoms with van der Waals surface area (Å²) in [4.78, 5) is 0. The van der Waals surface area contributed by atoms with E-state index in [9.17, 15) is 0 Å². The van der Waals surface area contributed by atoms with Crippen LogP contribution in [0.3, 0.4) is 0 Å². The molecule has 1 aliphatic rings. The Balaban J connectivity index is 1.75. The van der Waals surface area contributed by atoms with Gasteiger partial charge >= 0.3 is 0 Å². The van der Waals surface area contributed by atoms with Crippen molar-refractivity contribution in [2.24, 2.45) is 5.73 Å². The number of benzene rings is 1. The lowest BCUT2D eigenvalue weighted by atomic mass is 9.83. The second-order valence-corrected chi connectivity index (χ2v) is 7.51. The number of hydrogen-bond donors (Lipinski definition) is 2. The van der Waals surface area contributed by atoms with E-state index in [1.54, 1.807) is 20.3 Å². The summed E-state index contributed by atoms with van der Waals surface area (Å²) < 4.78 is 10.6. The normalized spacial score (nSPS) is 20.2. The first-order chi connectivity index (χ1) is 12.5. The van der Waals surface area contributed by atoms with Crippen molar-refractivity contribution in [3.8, 4) is 11.5 Å². The smallest absolute Gasteiger partial charge is 0.141 e. The summed E-state index contributed by atoms with van der Waals surface area (Å²) in [5, 5.41) is 8.66. The molecule has 1 saturated carbocycles. The van der Waals surface area contributed by atoms with Crippen LogP contribution in [0.2, 0.25) is 10.0 Å². The summed E-state index contributed by atoms with van der Waals surface area (Å²) in [5.74, 6) is 1.48. The Hall–Kier alpha value is -1.43. The van der Waals surface area contributed by atoms with Crippen LogP contribution in [0.15, 0.2) is 12.1 Å². The third-order valence-electron chi connectivity index (χ3n) is 5.17. The highest BCUT2D eigenvalue weighted by Gasteiger charge is 2.25. The SMILES string of the molecule is COc1cc(OC)c(Cl)c(CCc2cc([C@@H]3CCCC[C@H]3N)[nH]n2)c1Cl. The van der Waals surface area contributed by atoms with Crippen LogP contribution in [0.25, 0.3) is 0 Å². The molecule has 2 atom stereocenters. The number of rotatable bonds is 6. The van der Waals surface area contributed by atoms with E-state index in [0.29, 0.717) is 40.3 Å². The lowest BCUT2D eigenvalue weighted by molar-refractivity contribution is 0.379. The summed E-state index contributed by atoms with van der Waals surface area (Å²) in [6.45, 7) is 0. The number of hydrogen-bond acceptors (Lipinski definition) is 4. The lowest BCUT2D eigenvalue weighted by Gasteiger charge is -2.27. The summed E-state index contributed by atoms with van der Waals surface area (Å²) in [6.07, 6.45) is 6.00. The molecule has 1 aromatic heterocycles. The van der Waals surface area contributed by atoms with Gasteiger partial charge in [-0.1, -0.05) is 36.0 Å². The monoisotopic (exact) mass is 397 g/mol. The van der Waals surface area contributed by atoms with E-state index in [-0.39, 0.29) is 6.04 Å². The van der Waals surface area contributed by atoms with E-state index in [0.717, 1.165) is 29.8 Å². The summed E-state index contributed by atoms with van der Waals surface area (Å²) in [5.41, 5.74) is 9.20. The van der Waals surface area contributed by atoms with Crippen LogP contribution in [0, 0.1) is 0 Å². The van der Waals surface area contributed by atoms with Crippen LogP contribution < -0.4 is 15.2 Å². The average Bonchev–Trinajstić information content (AvgIpc) is 3.11. The predicted octanol–water partition coefficient (Wildman–Crippen LogP) is 4.50. The molecular formula is C19H25Cl2N3O2. The third-order valence-corrected chi connectivity index (χ3v) is 5.99. The van der Waals surface area contributed by atoms with Crippen molar-refractivity contribution >= 4 is 23.2 Å². The highest BCUT2D eigenvalue weighted by molar-refractivity contribution is 6.37. The minimum atomic E-state index is 0.212. The number of nitrogens with one attached hydrogen (secondary N) is 1. The van der Waals surface area contributed by atoms with Crippen molar-refractivity contribution in [1.82, 2.24) is 10.2 Å². The highest BCUT2D eigenvalue weighted by Crippen LogP contribution is 2.41. The number of halogens is 2. The largest absolute Gasteiger partial charge is 0.495 e. The van der Waals surface area contributed by atoms with Crippen LogP contribution in [0.4, 0.5) is 0 Å². The van der Waals surface area contributed by atoms with Crippen LogP contribution in [-0.2, 0) is 12.8 Å². The Kier molecular flexibility index (Phi) is 6.33. The number of nitrogens with zero attached hydrogens (tertiary/aromatic N) is 1. The molecule has 0 bridgehead atoms. The second kappa shape index (κ2) is 8.51. The maximum absolute atomic E-state index is 6.45. The van der Waals surface area contributed by atoms with Crippen LogP contribution in [0.5, 0.6) is 11.5 Å². The quantitative estimate of drug-likeness (QED) is 0.751. The van der Waals surface area contributed by atoms with Gasteiger partial charge in [0.2, 0.25) is 0 Å².